The van der Waals surface area contributed by atoms with Crippen LogP contribution in [0.1, 0.15) is 30.0 Å². The third kappa shape index (κ3) is 3.23. The van der Waals surface area contributed by atoms with Gasteiger partial charge in [-0.2, -0.15) is 5.10 Å². The Morgan fingerprint density at radius 1 is 1.19 bits per heavy atom. The number of rotatable bonds is 5. The summed E-state index contributed by atoms with van der Waals surface area (Å²) in [5.41, 5.74) is 2.22. The fourth-order valence-electron chi connectivity index (χ4n) is 2.23. The Bertz CT molecular complexity index is 700. The van der Waals surface area contributed by atoms with Gasteiger partial charge in [-0.25, -0.2) is 4.68 Å². The number of furan rings is 1. The number of para-hydroxylation sites is 1. The summed E-state index contributed by atoms with van der Waals surface area (Å²) in [5.74, 6) is 1.89. The van der Waals surface area contributed by atoms with Crippen molar-refractivity contribution in [1.29, 1.82) is 0 Å². The van der Waals surface area contributed by atoms with Crippen LogP contribution in [-0.4, -0.2) is 9.78 Å². The van der Waals surface area contributed by atoms with Crippen molar-refractivity contribution < 1.29 is 4.42 Å². The minimum atomic E-state index is 0.216. The summed E-state index contributed by atoms with van der Waals surface area (Å²) < 4.78 is 7.45. The fourth-order valence-corrected chi connectivity index (χ4v) is 2.23. The minimum absolute atomic E-state index is 0.216. The predicted molar refractivity (Wildman–Crippen MR) is 82.3 cm³/mol. The van der Waals surface area contributed by atoms with E-state index >= 15 is 0 Å². The molecule has 3 rings (SSSR count). The maximum absolute atomic E-state index is 5.56. The largest absolute Gasteiger partial charge is 0.465 e. The number of nitrogens with zero attached hydrogens (tertiary/aromatic N) is 2. The molecule has 0 fully saturated rings. The lowest BCUT2D eigenvalue weighted by Gasteiger charge is -2.10. The highest BCUT2D eigenvalue weighted by atomic mass is 16.3. The van der Waals surface area contributed by atoms with E-state index in [1.807, 2.05) is 60.3 Å². The third-order valence-electron chi connectivity index (χ3n) is 3.50. The zero-order chi connectivity index (χ0) is 14.7. The molecule has 2 heterocycles. The molecule has 108 valence electrons. The summed E-state index contributed by atoms with van der Waals surface area (Å²) in [5, 5.41) is 7.87. The van der Waals surface area contributed by atoms with Crippen LogP contribution in [0.4, 0.5) is 0 Å². The van der Waals surface area contributed by atoms with E-state index in [9.17, 15) is 0 Å². The molecule has 1 atom stereocenters. The fraction of sp³-hybridized carbons (Fsp3) is 0.235. The van der Waals surface area contributed by atoms with Gasteiger partial charge < -0.3 is 9.73 Å². The number of benzene rings is 1. The Morgan fingerprint density at radius 2 is 2.00 bits per heavy atom. The average Bonchev–Trinajstić information content (AvgIpc) is 3.15. The van der Waals surface area contributed by atoms with Crippen LogP contribution in [0.25, 0.3) is 5.69 Å². The van der Waals surface area contributed by atoms with Crippen LogP contribution in [0.15, 0.2) is 59.3 Å². The monoisotopic (exact) mass is 281 g/mol. The molecular weight excluding hydrogens is 262 g/mol. The first-order chi connectivity index (χ1) is 10.2. The Morgan fingerprint density at radius 3 is 2.71 bits per heavy atom. The summed E-state index contributed by atoms with van der Waals surface area (Å²) in [6, 6.07) is 14.3. The van der Waals surface area contributed by atoms with Crippen LogP contribution in [-0.2, 0) is 6.54 Å². The molecule has 0 aliphatic carbocycles. The quantitative estimate of drug-likeness (QED) is 0.776. The van der Waals surface area contributed by atoms with E-state index in [2.05, 4.69) is 23.5 Å². The maximum atomic E-state index is 5.56. The SMILES string of the molecule is Cc1ccc(CNC(C)c2cnn(-c3ccccc3)c2)o1. The van der Waals surface area contributed by atoms with Crippen LogP contribution in [0.5, 0.6) is 0 Å². The highest BCUT2D eigenvalue weighted by molar-refractivity contribution is 5.31. The van der Waals surface area contributed by atoms with Crippen molar-refractivity contribution in [1.82, 2.24) is 15.1 Å². The summed E-state index contributed by atoms with van der Waals surface area (Å²) in [4.78, 5) is 0. The first-order valence-electron chi connectivity index (χ1n) is 7.11. The van der Waals surface area contributed by atoms with E-state index in [-0.39, 0.29) is 6.04 Å². The van der Waals surface area contributed by atoms with E-state index in [0.717, 1.165) is 22.8 Å². The van der Waals surface area contributed by atoms with Crippen molar-refractivity contribution in [3.05, 3.63) is 71.9 Å². The molecule has 1 aromatic carbocycles. The van der Waals surface area contributed by atoms with Crippen molar-refractivity contribution in [3.8, 4) is 5.69 Å². The van der Waals surface area contributed by atoms with Crippen LogP contribution in [0.3, 0.4) is 0 Å². The number of nitrogens with one attached hydrogen (secondary N) is 1. The van der Waals surface area contributed by atoms with Gasteiger partial charge in [-0.15, -0.1) is 0 Å². The van der Waals surface area contributed by atoms with Gasteiger partial charge in [-0.05, 0) is 38.1 Å². The van der Waals surface area contributed by atoms with E-state index in [1.54, 1.807) is 0 Å². The Hall–Kier alpha value is -2.33. The number of hydrogen-bond donors (Lipinski definition) is 1. The molecule has 0 amide bonds. The van der Waals surface area contributed by atoms with Gasteiger partial charge in [0.1, 0.15) is 11.5 Å². The second kappa shape index (κ2) is 5.97. The van der Waals surface area contributed by atoms with Crippen LogP contribution >= 0.6 is 0 Å². The number of hydrogen-bond acceptors (Lipinski definition) is 3. The lowest BCUT2D eigenvalue weighted by atomic mass is 10.2. The first kappa shape index (κ1) is 13.6. The zero-order valence-electron chi connectivity index (χ0n) is 12.3. The summed E-state index contributed by atoms with van der Waals surface area (Å²) in [7, 11) is 0. The van der Waals surface area contributed by atoms with E-state index in [1.165, 1.54) is 0 Å². The third-order valence-corrected chi connectivity index (χ3v) is 3.50. The van der Waals surface area contributed by atoms with E-state index < -0.39 is 0 Å². The Kier molecular flexibility index (Phi) is 3.88. The van der Waals surface area contributed by atoms with Gasteiger partial charge in [-0.3, -0.25) is 0 Å². The topological polar surface area (TPSA) is 43.0 Å². The summed E-state index contributed by atoms with van der Waals surface area (Å²) in [6.45, 7) is 4.80. The zero-order valence-corrected chi connectivity index (χ0v) is 12.3. The molecule has 0 radical (unpaired) electrons. The molecule has 0 aliphatic heterocycles. The second-order valence-corrected chi connectivity index (χ2v) is 5.17. The second-order valence-electron chi connectivity index (χ2n) is 5.17. The molecule has 2 aromatic heterocycles. The van der Waals surface area contributed by atoms with Gasteiger partial charge in [0.2, 0.25) is 0 Å². The van der Waals surface area contributed by atoms with Gasteiger partial charge in [0.15, 0.2) is 0 Å². The molecule has 0 saturated heterocycles. The molecule has 3 aromatic rings. The van der Waals surface area contributed by atoms with Crippen molar-refractivity contribution >= 4 is 0 Å². The minimum Gasteiger partial charge on any atom is -0.465 e. The van der Waals surface area contributed by atoms with Gasteiger partial charge in [-0.1, -0.05) is 18.2 Å². The van der Waals surface area contributed by atoms with E-state index in [0.29, 0.717) is 6.54 Å². The standard InChI is InChI=1S/C17H19N3O/c1-13-8-9-17(21-13)11-18-14(2)15-10-19-20(12-15)16-6-4-3-5-7-16/h3-10,12,14,18H,11H2,1-2H3. The van der Waals surface area contributed by atoms with Crippen LogP contribution in [0, 0.1) is 6.92 Å². The highest BCUT2D eigenvalue weighted by Crippen LogP contribution is 2.15. The van der Waals surface area contributed by atoms with Gasteiger partial charge >= 0.3 is 0 Å². The summed E-state index contributed by atoms with van der Waals surface area (Å²) >= 11 is 0. The molecule has 4 nitrogen and oxygen atoms in total. The molecule has 0 spiro atoms. The Balaban J connectivity index is 1.65. The molecule has 1 unspecified atom stereocenters. The summed E-state index contributed by atoms with van der Waals surface area (Å²) in [6.07, 6.45) is 3.96. The molecule has 0 saturated carbocycles. The van der Waals surface area contributed by atoms with Gasteiger partial charge in [0.25, 0.3) is 0 Å². The number of aromatic nitrogens is 2. The molecule has 0 aliphatic rings. The first-order valence-corrected chi connectivity index (χ1v) is 7.11. The smallest absolute Gasteiger partial charge is 0.117 e. The lowest BCUT2D eigenvalue weighted by Crippen LogP contribution is -2.17. The molecular formula is C17H19N3O. The Labute approximate surface area is 124 Å². The number of aryl methyl sites for hydroxylation is 1. The lowest BCUT2D eigenvalue weighted by molar-refractivity contribution is 0.444. The molecule has 1 N–H and O–H groups in total. The molecule has 0 bridgehead atoms. The van der Waals surface area contributed by atoms with Crippen molar-refractivity contribution in [2.45, 2.75) is 26.4 Å². The van der Waals surface area contributed by atoms with E-state index in [4.69, 9.17) is 4.42 Å². The van der Waals surface area contributed by atoms with Crippen molar-refractivity contribution in [2.24, 2.45) is 0 Å². The van der Waals surface area contributed by atoms with Crippen LogP contribution in [0.2, 0.25) is 0 Å². The molecule has 4 heteroatoms. The van der Waals surface area contributed by atoms with Gasteiger partial charge in [0.05, 0.1) is 18.4 Å². The van der Waals surface area contributed by atoms with Crippen LogP contribution < -0.4 is 5.32 Å². The van der Waals surface area contributed by atoms with Crippen molar-refractivity contribution in [2.75, 3.05) is 0 Å². The maximum Gasteiger partial charge on any atom is 0.117 e. The normalized spacial score (nSPS) is 12.5. The van der Waals surface area contributed by atoms with Crippen molar-refractivity contribution in [3.63, 3.8) is 0 Å². The predicted octanol–water partition coefficient (Wildman–Crippen LogP) is 3.62. The van der Waals surface area contributed by atoms with Gasteiger partial charge in [0, 0.05) is 17.8 Å². The molecule has 21 heavy (non-hydrogen) atoms. The highest BCUT2D eigenvalue weighted by Gasteiger charge is 2.09. The average molecular weight is 281 g/mol.